The molecule has 1 aromatic heterocycles. The topological polar surface area (TPSA) is 67.4 Å². The number of aromatic nitrogens is 2. The molecule has 0 aromatic carbocycles. The zero-order valence-corrected chi connectivity index (χ0v) is 9.17. The van der Waals surface area contributed by atoms with E-state index in [2.05, 4.69) is 33.5 Å². The molecule has 0 aliphatic rings. The number of hydrogen-bond donors (Lipinski definition) is 0. The molecule has 0 aliphatic heterocycles. The number of imidazole rings is 1. The van der Waals surface area contributed by atoms with E-state index in [0.29, 0.717) is 0 Å². The number of carbonyl (C=O) groups is 1. The molecule has 1 heterocycles. The van der Waals surface area contributed by atoms with Gasteiger partial charge >= 0.3 is 0 Å². The van der Waals surface area contributed by atoms with Gasteiger partial charge in [-0.15, -0.1) is 0 Å². The molecule has 6 nitrogen and oxygen atoms in total. The van der Waals surface area contributed by atoms with Crippen LogP contribution in [0.1, 0.15) is 6.92 Å². The molecule has 0 spiro atoms. The molecular formula is C9H16N2O4. The Labute approximate surface area is 88.7 Å². The van der Waals surface area contributed by atoms with Crippen LogP contribution in [0.4, 0.5) is 4.79 Å². The molecule has 0 atom stereocenters. The van der Waals surface area contributed by atoms with E-state index in [9.17, 15) is 9.90 Å². The first-order valence-corrected chi connectivity index (χ1v) is 4.43. The van der Waals surface area contributed by atoms with Crippen molar-refractivity contribution in [3.63, 3.8) is 0 Å². The van der Waals surface area contributed by atoms with Gasteiger partial charge in [-0.25, -0.2) is 9.13 Å². The number of carbonyl (C=O) groups excluding carboxylic acids is 1. The number of rotatable bonds is 3. The fourth-order valence-electron chi connectivity index (χ4n) is 0.796. The van der Waals surface area contributed by atoms with Gasteiger partial charge in [0, 0.05) is 7.11 Å². The lowest BCUT2D eigenvalue weighted by atomic mass is 10.7. The van der Waals surface area contributed by atoms with E-state index in [0.717, 1.165) is 6.54 Å². The van der Waals surface area contributed by atoms with Gasteiger partial charge in [0.1, 0.15) is 19.2 Å². The van der Waals surface area contributed by atoms with Crippen molar-refractivity contribution in [1.82, 2.24) is 4.57 Å². The number of carboxylic acid groups (broad SMARTS) is 1. The lowest BCUT2D eigenvalue weighted by Gasteiger charge is -2.03. The fraction of sp³-hybridized carbons (Fsp3) is 0.556. The Bertz CT molecular complexity index is 285. The standard InChI is InChI=1S/C6H11N2.C3H6O4/c1-3-8-5-4-7(2)6-8;1-6-2-7-3(4)5/h4-6H,3H2,1-2H3;2H2,1H3,(H,4,5)/q+1;/p-1. The van der Waals surface area contributed by atoms with E-state index < -0.39 is 6.16 Å². The zero-order valence-electron chi connectivity index (χ0n) is 9.17. The van der Waals surface area contributed by atoms with Crippen LogP contribution in [0.25, 0.3) is 0 Å². The number of methoxy groups -OCH3 is 1. The highest BCUT2D eigenvalue weighted by Gasteiger charge is 1.92. The van der Waals surface area contributed by atoms with E-state index in [1.165, 1.54) is 7.11 Å². The minimum absolute atomic E-state index is 0.262. The van der Waals surface area contributed by atoms with Gasteiger partial charge in [0.05, 0.1) is 13.6 Å². The Balaban J connectivity index is 0.000000265. The summed E-state index contributed by atoms with van der Waals surface area (Å²) < 4.78 is 12.1. The predicted molar refractivity (Wildman–Crippen MR) is 49.6 cm³/mol. The van der Waals surface area contributed by atoms with Crippen LogP contribution in [0.15, 0.2) is 18.7 Å². The third kappa shape index (κ3) is 7.51. The monoisotopic (exact) mass is 216 g/mol. The summed E-state index contributed by atoms with van der Waals surface area (Å²) in [4.78, 5) is 9.34. The Morgan fingerprint density at radius 2 is 2.27 bits per heavy atom. The number of hydrogen-bond acceptors (Lipinski definition) is 4. The summed E-state index contributed by atoms with van der Waals surface area (Å²) in [6, 6.07) is 0. The van der Waals surface area contributed by atoms with Crippen molar-refractivity contribution in [2.75, 3.05) is 13.9 Å². The van der Waals surface area contributed by atoms with Gasteiger partial charge in [-0.1, -0.05) is 0 Å². The Morgan fingerprint density at radius 3 is 2.47 bits per heavy atom. The maximum Gasteiger partial charge on any atom is 0.253 e. The molecule has 1 aromatic rings. The lowest BCUT2D eigenvalue weighted by molar-refractivity contribution is -0.671. The molecule has 0 unspecified atom stereocenters. The molecule has 0 amide bonds. The highest BCUT2D eigenvalue weighted by molar-refractivity contribution is 5.53. The van der Waals surface area contributed by atoms with Crippen molar-refractivity contribution in [2.24, 2.45) is 7.05 Å². The Morgan fingerprint density at radius 1 is 1.60 bits per heavy atom. The minimum atomic E-state index is -1.57. The summed E-state index contributed by atoms with van der Waals surface area (Å²) in [7, 11) is 3.34. The fourth-order valence-corrected chi connectivity index (χ4v) is 0.796. The molecule has 6 heteroatoms. The minimum Gasteiger partial charge on any atom is -0.524 e. The first-order valence-electron chi connectivity index (χ1n) is 4.43. The average molecular weight is 216 g/mol. The SMILES string of the molecule is CCn1cc[n+](C)c1.COCOC(=O)[O-]. The summed E-state index contributed by atoms with van der Waals surface area (Å²) >= 11 is 0. The Hall–Kier alpha value is -1.56. The van der Waals surface area contributed by atoms with Crippen LogP contribution >= 0.6 is 0 Å². The van der Waals surface area contributed by atoms with Crippen molar-refractivity contribution < 1.29 is 23.9 Å². The van der Waals surface area contributed by atoms with Crippen LogP contribution in [0, 0.1) is 0 Å². The maximum atomic E-state index is 9.34. The summed E-state index contributed by atoms with van der Waals surface area (Å²) in [5.41, 5.74) is 0. The van der Waals surface area contributed by atoms with Gasteiger partial charge in [-0.3, -0.25) is 0 Å². The predicted octanol–water partition coefficient (Wildman–Crippen LogP) is -0.717. The van der Waals surface area contributed by atoms with Crippen LogP contribution in [-0.2, 0) is 23.1 Å². The van der Waals surface area contributed by atoms with Gasteiger partial charge in [-0.05, 0) is 6.92 Å². The van der Waals surface area contributed by atoms with Gasteiger partial charge in [-0.2, -0.15) is 0 Å². The second kappa shape index (κ2) is 7.81. The van der Waals surface area contributed by atoms with Crippen molar-refractivity contribution in [3.05, 3.63) is 18.7 Å². The maximum absolute atomic E-state index is 9.34. The third-order valence-corrected chi connectivity index (χ3v) is 1.48. The molecule has 0 saturated heterocycles. The molecule has 15 heavy (non-hydrogen) atoms. The largest absolute Gasteiger partial charge is 0.524 e. The highest BCUT2D eigenvalue weighted by atomic mass is 16.7. The van der Waals surface area contributed by atoms with E-state index in [4.69, 9.17) is 0 Å². The van der Waals surface area contributed by atoms with Crippen molar-refractivity contribution >= 4 is 6.16 Å². The van der Waals surface area contributed by atoms with Crippen LogP contribution in [0.3, 0.4) is 0 Å². The lowest BCUT2D eigenvalue weighted by Crippen LogP contribution is -2.24. The summed E-state index contributed by atoms with van der Waals surface area (Å²) in [6.45, 7) is 2.92. The van der Waals surface area contributed by atoms with E-state index in [-0.39, 0.29) is 6.79 Å². The van der Waals surface area contributed by atoms with Crippen molar-refractivity contribution in [3.8, 4) is 0 Å². The number of aryl methyl sites for hydroxylation is 2. The van der Waals surface area contributed by atoms with E-state index in [1.807, 2.05) is 17.8 Å². The molecule has 0 bridgehead atoms. The van der Waals surface area contributed by atoms with Crippen LogP contribution in [0.2, 0.25) is 0 Å². The quantitative estimate of drug-likeness (QED) is 0.380. The first-order chi connectivity index (χ1) is 7.10. The van der Waals surface area contributed by atoms with Gasteiger partial charge in [0.25, 0.3) is 6.16 Å². The van der Waals surface area contributed by atoms with E-state index in [1.54, 1.807) is 0 Å². The van der Waals surface area contributed by atoms with Crippen molar-refractivity contribution in [1.29, 1.82) is 0 Å². The molecule has 0 saturated carbocycles. The van der Waals surface area contributed by atoms with Gasteiger partial charge in [0.2, 0.25) is 6.33 Å². The van der Waals surface area contributed by atoms with Crippen LogP contribution in [-0.4, -0.2) is 24.6 Å². The number of ether oxygens (including phenoxy) is 2. The first kappa shape index (κ1) is 13.4. The Kier molecular flexibility index (Phi) is 7.00. The molecule has 0 radical (unpaired) electrons. The second-order valence-corrected chi connectivity index (χ2v) is 2.71. The summed E-state index contributed by atoms with van der Waals surface area (Å²) in [5, 5.41) is 9.34. The average Bonchev–Trinajstić information content (AvgIpc) is 2.62. The molecule has 1 rings (SSSR count). The molecule has 0 N–H and O–H groups in total. The zero-order chi connectivity index (χ0) is 11.7. The van der Waals surface area contributed by atoms with Crippen molar-refractivity contribution in [2.45, 2.75) is 13.5 Å². The third-order valence-electron chi connectivity index (χ3n) is 1.48. The normalized spacial score (nSPS) is 9.00. The summed E-state index contributed by atoms with van der Waals surface area (Å²) in [5.74, 6) is 0. The second-order valence-electron chi connectivity index (χ2n) is 2.71. The molecule has 86 valence electrons. The highest BCUT2D eigenvalue weighted by Crippen LogP contribution is 1.79. The molecule has 0 fully saturated rings. The molecule has 0 aliphatic carbocycles. The number of nitrogens with zero attached hydrogens (tertiary/aromatic N) is 2. The smallest absolute Gasteiger partial charge is 0.253 e. The van der Waals surface area contributed by atoms with Crippen LogP contribution in [0.5, 0.6) is 0 Å². The van der Waals surface area contributed by atoms with Gasteiger partial charge < -0.3 is 19.4 Å². The van der Waals surface area contributed by atoms with Crippen LogP contribution < -0.4 is 9.67 Å². The summed E-state index contributed by atoms with van der Waals surface area (Å²) in [6.07, 6.45) is 4.57. The van der Waals surface area contributed by atoms with Gasteiger partial charge in [0.15, 0.2) is 0 Å². The molecular weight excluding hydrogens is 200 g/mol. The van der Waals surface area contributed by atoms with E-state index >= 15 is 0 Å².